The highest BCUT2D eigenvalue weighted by atomic mass is 35.5. The third-order valence-electron chi connectivity index (χ3n) is 9.50. The molecule has 11 nitrogen and oxygen atoms in total. The third-order valence-corrected chi connectivity index (χ3v) is 9.78. The number of carbonyl (C=O) groups is 2. The van der Waals surface area contributed by atoms with Crippen molar-refractivity contribution in [1.82, 2.24) is 29.3 Å². The van der Waals surface area contributed by atoms with Crippen molar-refractivity contribution in [2.24, 2.45) is 13.0 Å². The number of nitrogens with one attached hydrogen (secondary N) is 1. The van der Waals surface area contributed by atoms with Gasteiger partial charge in [-0.15, -0.1) is 0 Å². The van der Waals surface area contributed by atoms with Gasteiger partial charge in [0.1, 0.15) is 5.52 Å². The Hall–Kier alpha value is -4.58. The van der Waals surface area contributed by atoms with Crippen LogP contribution in [0.15, 0.2) is 47.1 Å². The molecule has 12 heteroatoms. The highest BCUT2D eigenvalue weighted by Crippen LogP contribution is 2.37. The van der Waals surface area contributed by atoms with Crippen molar-refractivity contribution < 1.29 is 19.1 Å². The predicted molar refractivity (Wildman–Crippen MR) is 179 cm³/mol. The maximum atomic E-state index is 13.4. The molecule has 0 spiro atoms. The average molecular weight is 654 g/mol. The molecule has 5 aromatic rings. The molecule has 1 amide bonds. The van der Waals surface area contributed by atoms with Gasteiger partial charge in [-0.25, -0.2) is 9.97 Å². The summed E-state index contributed by atoms with van der Waals surface area (Å²) in [5.41, 5.74) is 9.20. The van der Waals surface area contributed by atoms with Crippen molar-refractivity contribution in [2.45, 2.75) is 39.8 Å². The number of aliphatic carboxylic acids is 1. The second-order valence-corrected chi connectivity index (χ2v) is 13.1. The van der Waals surface area contributed by atoms with Crippen LogP contribution in [-0.2, 0) is 31.4 Å². The Morgan fingerprint density at radius 2 is 1.87 bits per heavy atom. The Bertz CT molecular complexity index is 2050. The zero-order chi connectivity index (χ0) is 33.0. The van der Waals surface area contributed by atoms with Gasteiger partial charge < -0.3 is 24.3 Å². The van der Waals surface area contributed by atoms with Crippen molar-refractivity contribution in [3.05, 3.63) is 81.7 Å². The van der Waals surface area contributed by atoms with E-state index in [4.69, 9.17) is 21.0 Å². The number of aromatic nitrogens is 4. The van der Waals surface area contributed by atoms with Crippen LogP contribution in [0.25, 0.3) is 33.7 Å². The van der Waals surface area contributed by atoms with Crippen LogP contribution in [0.5, 0.6) is 0 Å². The van der Waals surface area contributed by atoms with E-state index in [0.29, 0.717) is 53.0 Å². The number of halogens is 1. The summed E-state index contributed by atoms with van der Waals surface area (Å²) in [6.45, 7) is 7.48. The number of amides is 1. The SMILES string of the molecule is Cc1c(NC(=O)c2nc3c(n2C)CCN(C)C3)cccc1-c1cncc(-c2nc3cc(CN4CCC(C(=O)O)C4)cc(Cl)c3o2)c1C. The number of carboxylic acid groups (broad SMARTS) is 1. The monoisotopic (exact) mass is 653 g/mol. The topological polar surface area (TPSA) is 130 Å². The molecular formula is C35H36ClN7O4. The molecular weight excluding hydrogens is 618 g/mol. The van der Waals surface area contributed by atoms with E-state index in [2.05, 4.69) is 32.1 Å². The van der Waals surface area contributed by atoms with Crippen LogP contribution in [0, 0.1) is 19.8 Å². The molecule has 5 heterocycles. The Morgan fingerprint density at radius 1 is 1.06 bits per heavy atom. The predicted octanol–water partition coefficient (Wildman–Crippen LogP) is 5.71. The van der Waals surface area contributed by atoms with Crippen molar-refractivity contribution in [3.63, 3.8) is 0 Å². The van der Waals surface area contributed by atoms with Crippen LogP contribution in [0.2, 0.25) is 5.02 Å². The van der Waals surface area contributed by atoms with Gasteiger partial charge in [0.25, 0.3) is 5.91 Å². The maximum Gasteiger partial charge on any atom is 0.307 e. The fourth-order valence-corrected chi connectivity index (χ4v) is 7.08. The standard InChI is InChI=1S/C35H36ClN7O4/c1-19-24(23-6-5-7-27(20(23)2)39-33(44)32-38-29-18-41(3)10-9-30(29)42(32)4)14-37-15-25(19)34-40-28-13-21(12-26(36)31(28)47-34)16-43-11-8-22(17-43)35(45)46/h5-7,12-15,22H,8-11,16-18H2,1-4H3,(H,39,44)(H,45,46). The van der Waals surface area contributed by atoms with Crippen LogP contribution >= 0.6 is 11.6 Å². The lowest BCUT2D eigenvalue weighted by Crippen LogP contribution is -2.27. The van der Waals surface area contributed by atoms with Gasteiger partial charge in [-0.1, -0.05) is 23.7 Å². The van der Waals surface area contributed by atoms with E-state index in [-0.39, 0.29) is 11.8 Å². The number of hydrogen-bond acceptors (Lipinski definition) is 8. The van der Waals surface area contributed by atoms with E-state index in [1.807, 2.05) is 62.0 Å². The quantitative estimate of drug-likeness (QED) is 0.227. The van der Waals surface area contributed by atoms with Crippen LogP contribution in [0.1, 0.15) is 45.1 Å². The van der Waals surface area contributed by atoms with E-state index in [9.17, 15) is 14.7 Å². The number of rotatable bonds is 7. The summed E-state index contributed by atoms with van der Waals surface area (Å²) in [5, 5.41) is 12.9. The minimum Gasteiger partial charge on any atom is -0.481 e. The fourth-order valence-electron chi connectivity index (χ4n) is 6.80. The van der Waals surface area contributed by atoms with Gasteiger partial charge in [0.15, 0.2) is 11.4 Å². The molecule has 0 aliphatic carbocycles. The number of oxazole rings is 1. The zero-order valence-electron chi connectivity index (χ0n) is 26.8. The van der Waals surface area contributed by atoms with E-state index >= 15 is 0 Å². The second kappa shape index (κ2) is 12.2. The van der Waals surface area contributed by atoms with Crippen molar-refractivity contribution in [1.29, 1.82) is 0 Å². The van der Waals surface area contributed by atoms with Gasteiger partial charge in [0.05, 0.1) is 22.2 Å². The summed E-state index contributed by atoms with van der Waals surface area (Å²) >= 11 is 6.66. The van der Waals surface area contributed by atoms with Crippen LogP contribution in [0.4, 0.5) is 5.69 Å². The summed E-state index contributed by atoms with van der Waals surface area (Å²) < 4.78 is 8.10. The Morgan fingerprint density at radius 3 is 2.66 bits per heavy atom. The smallest absolute Gasteiger partial charge is 0.307 e. The zero-order valence-corrected chi connectivity index (χ0v) is 27.6. The summed E-state index contributed by atoms with van der Waals surface area (Å²) in [6.07, 6.45) is 5.04. The molecule has 7 rings (SSSR count). The highest BCUT2D eigenvalue weighted by Gasteiger charge is 2.28. The van der Waals surface area contributed by atoms with Gasteiger partial charge in [-0.2, -0.15) is 0 Å². The molecule has 242 valence electrons. The first-order valence-electron chi connectivity index (χ1n) is 15.7. The number of hydrogen-bond donors (Lipinski definition) is 2. The van der Waals surface area contributed by atoms with Gasteiger partial charge in [0, 0.05) is 69.0 Å². The third kappa shape index (κ3) is 5.79. The number of pyridine rings is 1. The van der Waals surface area contributed by atoms with Crippen LogP contribution in [-0.4, -0.2) is 73.0 Å². The first kappa shape index (κ1) is 31.0. The highest BCUT2D eigenvalue weighted by molar-refractivity contribution is 6.34. The van der Waals surface area contributed by atoms with E-state index in [1.54, 1.807) is 6.20 Å². The van der Waals surface area contributed by atoms with E-state index < -0.39 is 5.97 Å². The number of imidazole rings is 1. The Balaban J connectivity index is 1.15. The first-order chi connectivity index (χ1) is 22.6. The molecule has 1 unspecified atom stereocenters. The van der Waals surface area contributed by atoms with Crippen LogP contribution < -0.4 is 5.32 Å². The molecule has 2 N–H and O–H groups in total. The van der Waals surface area contributed by atoms with Gasteiger partial charge in [-0.05, 0) is 74.3 Å². The lowest BCUT2D eigenvalue weighted by atomic mass is 9.95. The summed E-state index contributed by atoms with van der Waals surface area (Å²) in [5.74, 6) is -0.537. The Labute approximate surface area is 277 Å². The average Bonchev–Trinajstić information content (AvgIpc) is 3.76. The minimum atomic E-state index is -0.754. The number of carbonyl (C=O) groups excluding carboxylic acids is 1. The molecule has 2 aliphatic rings. The number of likely N-dealkylation sites (tertiary alicyclic amines) is 1. The lowest BCUT2D eigenvalue weighted by Gasteiger charge is -2.21. The van der Waals surface area contributed by atoms with E-state index in [1.165, 1.54) is 0 Å². The van der Waals surface area contributed by atoms with E-state index in [0.717, 1.165) is 70.8 Å². The van der Waals surface area contributed by atoms with Crippen molar-refractivity contribution in [2.75, 3.05) is 32.0 Å². The second-order valence-electron chi connectivity index (χ2n) is 12.7. The molecule has 1 saturated heterocycles. The number of likely N-dealkylation sites (N-methyl/N-ethyl adjacent to an activating group) is 1. The molecule has 3 aromatic heterocycles. The molecule has 0 saturated carbocycles. The maximum absolute atomic E-state index is 13.4. The molecule has 2 aromatic carbocycles. The summed E-state index contributed by atoms with van der Waals surface area (Å²) in [6, 6.07) is 9.63. The Kier molecular flexibility index (Phi) is 8.07. The first-order valence-corrected chi connectivity index (χ1v) is 16.1. The van der Waals surface area contributed by atoms with Gasteiger partial charge in [-0.3, -0.25) is 19.5 Å². The molecule has 0 bridgehead atoms. The largest absolute Gasteiger partial charge is 0.481 e. The molecule has 0 radical (unpaired) electrons. The molecule has 1 fully saturated rings. The van der Waals surface area contributed by atoms with Gasteiger partial charge in [0.2, 0.25) is 5.89 Å². The minimum absolute atomic E-state index is 0.248. The van der Waals surface area contributed by atoms with Gasteiger partial charge >= 0.3 is 5.97 Å². The molecule has 47 heavy (non-hydrogen) atoms. The van der Waals surface area contributed by atoms with Crippen LogP contribution in [0.3, 0.4) is 0 Å². The molecule has 1 atom stereocenters. The number of anilines is 1. The fraction of sp³-hybridized carbons (Fsp3) is 0.343. The van der Waals surface area contributed by atoms with Crippen molar-refractivity contribution >= 4 is 40.3 Å². The normalized spacial score (nSPS) is 16.9. The number of carboxylic acids is 1. The molecule has 2 aliphatic heterocycles. The number of fused-ring (bicyclic) bond motifs is 2. The summed E-state index contributed by atoms with van der Waals surface area (Å²) in [7, 11) is 3.96. The number of benzene rings is 2. The van der Waals surface area contributed by atoms with Crippen molar-refractivity contribution in [3.8, 4) is 22.6 Å². The number of nitrogens with zero attached hydrogens (tertiary/aromatic N) is 6. The summed E-state index contributed by atoms with van der Waals surface area (Å²) in [4.78, 5) is 43.2. The lowest BCUT2D eigenvalue weighted by molar-refractivity contribution is -0.141.